The molecule has 0 spiro atoms. The molecule has 0 aliphatic rings. The monoisotopic (exact) mass is 173 g/mol. The van der Waals surface area contributed by atoms with Crippen LogP contribution < -0.4 is 0 Å². The first-order valence-corrected chi connectivity index (χ1v) is 3.81. The first kappa shape index (κ1) is 7.62. The fourth-order valence-corrected chi connectivity index (χ4v) is 1.08. The van der Waals surface area contributed by atoms with Crippen molar-refractivity contribution in [3.8, 4) is 17.5 Å². The zero-order valence-corrected chi connectivity index (χ0v) is 7.03. The lowest BCUT2D eigenvalue weighted by atomic mass is 10.3. The zero-order chi connectivity index (χ0) is 9.26. The minimum absolute atomic E-state index is 0.295. The summed E-state index contributed by atoms with van der Waals surface area (Å²) in [5, 5.41) is 8.53. The second-order valence-corrected chi connectivity index (χ2v) is 2.67. The molecule has 13 heavy (non-hydrogen) atoms. The second-order valence-electron chi connectivity index (χ2n) is 2.67. The van der Waals surface area contributed by atoms with E-state index in [0.29, 0.717) is 11.6 Å². The van der Waals surface area contributed by atoms with Crippen LogP contribution in [0.25, 0.3) is 11.5 Å². The lowest BCUT2D eigenvalue weighted by molar-refractivity contribution is 0.546. The van der Waals surface area contributed by atoms with Gasteiger partial charge in [-0.05, 0) is 19.1 Å². The maximum atomic E-state index is 8.53. The predicted molar refractivity (Wildman–Crippen MR) is 45.7 cm³/mol. The van der Waals surface area contributed by atoms with E-state index in [1.54, 1.807) is 6.20 Å². The van der Waals surface area contributed by atoms with E-state index in [4.69, 9.17) is 9.68 Å². The van der Waals surface area contributed by atoms with Crippen LogP contribution in [-0.2, 0) is 0 Å². The van der Waals surface area contributed by atoms with Crippen molar-refractivity contribution in [2.75, 3.05) is 0 Å². The minimum atomic E-state index is 0.295. The molecule has 0 aromatic carbocycles. The largest absolute Gasteiger partial charge is 0.460 e. The van der Waals surface area contributed by atoms with Gasteiger partial charge < -0.3 is 9.40 Å². The molecule has 1 N–H and O–H groups in total. The third-order valence-electron chi connectivity index (χ3n) is 1.69. The van der Waals surface area contributed by atoms with E-state index in [1.807, 2.05) is 25.1 Å². The van der Waals surface area contributed by atoms with E-state index < -0.39 is 0 Å². The van der Waals surface area contributed by atoms with Crippen molar-refractivity contribution >= 4 is 0 Å². The molecule has 2 aromatic heterocycles. The van der Waals surface area contributed by atoms with Crippen molar-refractivity contribution in [2.24, 2.45) is 0 Å². The first-order valence-electron chi connectivity index (χ1n) is 3.81. The number of aryl methyl sites for hydroxylation is 1. The standard InChI is InChI=1S/C9H7N3O/c1-6-2-3-8(13-6)7-5-11-9(4-10)12-7/h2-3,5H,1H3,(H,11,12). The summed E-state index contributed by atoms with van der Waals surface area (Å²) in [5.41, 5.74) is 0.727. The number of imidazole rings is 1. The molecule has 0 radical (unpaired) electrons. The summed E-state index contributed by atoms with van der Waals surface area (Å²) >= 11 is 0. The quantitative estimate of drug-likeness (QED) is 0.715. The Balaban J connectivity index is 2.42. The summed E-state index contributed by atoms with van der Waals surface area (Å²) in [6.45, 7) is 1.87. The van der Waals surface area contributed by atoms with Crippen molar-refractivity contribution in [1.82, 2.24) is 9.97 Å². The number of aromatic nitrogens is 2. The number of nitrogens with one attached hydrogen (secondary N) is 1. The van der Waals surface area contributed by atoms with Crippen LogP contribution >= 0.6 is 0 Å². The Bertz CT molecular complexity index is 461. The summed E-state index contributed by atoms with van der Waals surface area (Å²) in [6, 6.07) is 5.62. The summed E-state index contributed by atoms with van der Waals surface area (Å²) in [4.78, 5) is 6.67. The molecule has 0 amide bonds. The summed E-state index contributed by atoms with van der Waals surface area (Å²) in [5.74, 6) is 1.83. The summed E-state index contributed by atoms with van der Waals surface area (Å²) < 4.78 is 5.35. The van der Waals surface area contributed by atoms with Gasteiger partial charge in [0.1, 0.15) is 17.5 Å². The molecule has 2 aromatic rings. The van der Waals surface area contributed by atoms with Gasteiger partial charge >= 0.3 is 0 Å². The highest BCUT2D eigenvalue weighted by Gasteiger charge is 2.05. The highest BCUT2D eigenvalue weighted by Crippen LogP contribution is 2.19. The van der Waals surface area contributed by atoms with Crippen LogP contribution in [0, 0.1) is 18.3 Å². The maximum absolute atomic E-state index is 8.53. The maximum Gasteiger partial charge on any atom is 0.210 e. The van der Waals surface area contributed by atoms with Crippen LogP contribution in [0.5, 0.6) is 0 Å². The number of hydrogen-bond donors (Lipinski definition) is 1. The molecule has 0 fully saturated rings. The topological polar surface area (TPSA) is 65.6 Å². The van der Waals surface area contributed by atoms with Gasteiger partial charge in [0.25, 0.3) is 0 Å². The lowest BCUT2D eigenvalue weighted by Crippen LogP contribution is -1.75. The number of nitrogens with zero attached hydrogens (tertiary/aromatic N) is 2. The van der Waals surface area contributed by atoms with Crippen molar-refractivity contribution in [3.63, 3.8) is 0 Å². The normalized spacial score (nSPS) is 9.85. The van der Waals surface area contributed by atoms with Gasteiger partial charge in [-0.1, -0.05) is 0 Å². The lowest BCUT2D eigenvalue weighted by Gasteiger charge is -1.87. The minimum Gasteiger partial charge on any atom is -0.460 e. The van der Waals surface area contributed by atoms with E-state index in [2.05, 4.69) is 9.97 Å². The molecular formula is C9H7N3O. The number of hydrogen-bond acceptors (Lipinski definition) is 3. The molecule has 0 atom stereocenters. The average molecular weight is 173 g/mol. The Morgan fingerprint density at radius 1 is 1.54 bits per heavy atom. The van der Waals surface area contributed by atoms with E-state index in [9.17, 15) is 0 Å². The molecule has 2 rings (SSSR count). The Kier molecular flexibility index (Phi) is 1.64. The third-order valence-corrected chi connectivity index (χ3v) is 1.69. The number of furan rings is 1. The molecule has 0 bridgehead atoms. The second kappa shape index (κ2) is 2.79. The van der Waals surface area contributed by atoms with Gasteiger partial charge in [-0.25, -0.2) is 4.98 Å². The van der Waals surface area contributed by atoms with Crippen LogP contribution in [0.1, 0.15) is 11.6 Å². The zero-order valence-electron chi connectivity index (χ0n) is 7.03. The van der Waals surface area contributed by atoms with Crippen LogP contribution in [0.3, 0.4) is 0 Å². The Hall–Kier alpha value is -2.02. The van der Waals surface area contributed by atoms with E-state index in [0.717, 1.165) is 11.5 Å². The first-order chi connectivity index (χ1) is 6.29. The van der Waals surface area contributed by atoms with Gasteiger partial charge in [-0.2, -0.15) is 5.26 Å². The molecule has 2 heterocycles. The van der Waals surface area contributed by atoms with Gasteiger partial charge in [0, 0.05) is 0 Å². The van der Waals surface area contributed by atoms with Crippen LogP contribution in [0.2, 0.25) is 0 Å². The van der Waals surface area contributed by atoms with Crippen molar-refractivity contribution < 1.29 is 4.42 Å². The summed E-state index contributed by atoms with van der Waals surface area (Å²) in [6.07, 6.45) is 1.58. The van der Waals surface area contributed by atoms with Crippen LogP contribution in [0.4, 0.5) is 0 Å². The summed E-state index contributed by atoms with van der Waals surface area (Å²) in [7, 11) is 0. The molecule has 4 heteroatoms. The van der Waals surface area contributed by atoms with E-state index >= 15 is 0 Å². The predicted octanol–water partition coefficient (Wildman–Crippen LogP) is 1.85. The Morgan fingerprint density at radius 3 is 2.92 bits per heavy atom. The van der Waals surface area contributed by atoms with Crippen molar-refractivity contribution in [2.45, 2.75) is 6.92 Å². The van der Waals surface area contributed by atoms with Crippen LogP contribution in [-0.4, -0.2) is 9.97 Å². The number of rotatable bonds is 1. The number of aromatic amines is 1. The van der Waals surface area contributed by atoms with Crippen molar-refractivity contribution in [3.05, 3.63) is 29.9 Å². The molecule has 64 valence electrons. The molecule has 0 saturated heterocycles. The van der Waals surface area contributed by atoms with Crippen LogP contribution in [0.15, 0.2) is 22.7 Å². The molecule has 0 unspecified atom stereocenters. The third kappa shape index (κ3) is 1.32. The van der Waals surface area contributed by atoms with Gasteiger partial charge in [0.15, 0.2) is 5.76 Å². The molecule has 0 aliphatic carbocycles. The average Bonchev–Trinajstić information content (AvgIpc) is 2.71. The molecule has 4 nitrogen and oxygen atoms in total. The van der Waals surface area contributed by atoms with Gasteiger partial charge in [0.2, 0.25) is 5.82 Å². The van der Waals surface area contributed by atoms with Gasteiger partial charge in [-0.3, -0.25) is 0 Å². The SMILES string of the molecule is Cc1ccc(-c2cnc(C#N)[nH]2)o1. The molecular weight excluding hydrogens is 166 g/mol. The van der Waals surface area contributed by atoms with E-state index in [1.165, 1.54) is 0 Å². The smallest absolute Gasteiger partial charge is 0.210 e. The molecule has 0 saturated carbocycles. The highest BCUT2D eigenvalue weighted by molar-refractivity contribution is 5.51. The highest BCUT2D eigenvalue weighted by atomic mass is 16.3. The Labute approximate surface area is 74.8 Å². The van der Waals surface area contributed by atoms with Gasteiger partial charge in [-0.15, -0.1) is 0 Å². The molecule has 0 aliphatic heterocycles. The van der Waals surface area contributed by atoms with Crippen molar-refractivity contribution in [1.29, 1.82) is 5.26 Å². The Morgan fingerprint density at radius 2 is 2.38 bits per heavy atom. The van der Waals surface area contributed by atoms with E-state index in [-0.39, 0.29) is 0 Å². The fourth-order valence-electron chi connectivity index (χ4n) is 1.08. The number of nitriles is 1. The fraction of sp³-hybridized carbons (Fsp3) is 0.111. The van der Waals surface area contributed by atoms with Gasteiger partial charge in [0.05, 0.1) is 6.20 Å². The number of H-pyrrole nitrogens is 1.